The largest absolute Gasteiger partial charge is 0.426 e. The van der Waals surface area contributed by atoms with Crippen LogP contribution < -0.4 is 4.74 Å². The van der Waals surface area contributed by atoms with Gasteiger partial charge in [-0.3, -0.25) is 0 Å². The third-order valence-electron chi connectivity index (χ3n) is 1.09. The summed E-state index contributed by atoms with van der Waals surface area (Å²) >= 11 is 2.96. The highest BCUT2D eigenvalue weighted by molar-refractivity contribution is 9.10. The van der Waals surface area contributed by atoms with Gasteiger partial charge >= 0.3 is 6.11 Å². The van der Waals surface area contributed by atoms with E-state index < -0.39 is 6.11 Å². The molecule has 0 aromatic carbocycles. The van der Waals surface area contributed by atoms with Crippen LogP contribution >= 0.6 is 15.9 Å². The third-order valence-corrected chi connectivity index (χ3v) is 1.50. The molecule has 13 heavy (non-hydrogen) atoms. The highest BCUT2D eigenvalue weighted by Gasteiger charge is 2.26. The van der Waals surface area contributed by atoms with Crippen LogP contribution in [0.1, 0.15) is 0 Å². The number of rotatable bonds is 3. The summed E-state index contributed by atoms with van der Waals surface area (Å²) in [5.41, 5.74) is 0. The predicted octanol–water partition coefficient (Wildman–Crippen LogP) is 2.40. The van der Waals surface area contributed by atoms with E-state index in [0.717, 1.165) is 12.4 Å². The zero-order valence-electron chi connectivity index (χ0n) is 6.38. The van der Waals surface area contributed by atoms with Gasteiger partial charge in [0.25, 0.3) is 0 Å². The Morgan fingerprint density at radius 2 is 2.00 bits per heavy atom. The van der Waals surface area contributed by atoms with Gasteiger partial charge in [-0.25, -0.2) is 9.97 Å². The first-order valence-corrected chi connectivity index (χ1v) is 4.01. The van der Waals surface area contributed by atoms with Gasteiger partial charge in [0.05, 0.1) is 12.4 Å². The van der Waals surface area contributed by atoms with Crippen LogP contribution in [0.5, 0.6) is 5.75 Å². The summed E-state index contributed by atoms with van der Waals surface area (Å²) in [6.45, 7) is 2.92. The second-order valence-electron chi connectivity index (χ2n) is 2.06. The highest BCUT2D eigenvalue weighted by Crippen LogP contribution is 2.21. The van der Waals surface area contributed by atoms with E-state index in [2.05, 4.69) is 37.2 Å². The molecule has 1 aromatic rings. The van der Waals surface area contributed by atoms with E-state index in [4.69, 9.17) is 0 Å². The van der Waals surface area contributed by atoms with Crippen molar-refractivity contribution >= 4 is 15.9 Å². The lowest BCUT2D eigenvalue weighted by Gasteiger charge is -2.12. The quantitative estimate of drug-likeness (QED) is 0.611. The summed E-state index contributed by atoms with van der Waals surface area (Å²) < 4.78 is 29.6. The average Bonchev–Trinajstić information content (AvgIpc) is 2.09. The van der Waals surface area contributed by atoms with E-state index in [0.29, 0.717) is 10.8 Å². The summed E-state index contributed by atoms with van der Waals surface area (Å²) in [5.74, 6) is -0.117. The monoisotopic (exact) mass is 250 g/mol. The molecule has 1 aromatic heterocycles. The molecule has 0 unspecified atom stereocenters. The molecule has 0 spiro atoms. The smallest absolute Gasteiger partial charge is 0.419 e. The van der Waals surface area contributed by atoms with Gasteiger partial charge in [0.2, 0.25) is 0 Å². The maximum Gasteiger partial charge on any atom is 0.419 e. The number of hydrogen-bond donors (Lipinski definition) is 0. The molecule has 0 saturated carbocycles. The van der Waals surface area contributed by atoms with Gasteiger partial charge < -0.3 is 4.74 Å². The lowest BCUT2D eigenvalue weighted by Crippen LogP contribution is -2.20. The van der Waals surface area contributed by atoms with Crippen molar-refractivity contribution in [3.63, 3.8) is 0 Å². The van der Waals surface area contributed by atoms with Gasteiger partial charge in [-0.15, -0.1) is 0 Å². The second kappa shape index (κ2) is 3.78. The van der Waals surface area contributed by atoms with Crippen LogP contribution in [0.15, 0.2) is 29.8 Å². The SMILES string of the molecule is C=CC(F)(F)Oc1cnc(Br)nc1. The van der Waals surface area contributed by atoms with Gasteiger partial charge in [-0.05, 0) is 15.9 Å². The van der Waals surface area contributed by atoms with Gasteiger partial charge in [-0.1, -0.05) is 6.58 Å². The van der Waals surface area contributed by atoms with Crippen LogP contribution in [0, 0.1) is 0 Å². The van der Waals surface area contributed by atoms with Crippen LogP contribution in [0.25, 0.3) is 0 Å². The second-order valence-corrected chi connectivity index (χ2v) is 2.77. The van der Waals surface area contributed by atoms with Crippen molar-refractivity contribution in [2.45, 2.75) is 6.11 Å². The average molecular weight is 251 g/mol. The molecule has 0 fully saturated rings. The Bertz CT molecular complexity index is 302. The van der Waals surface area contributed by atoms with Crippen molar-refractivity contribution in [1.29, 1.82) is 0 Å². The lowest BCUT2D eigenvalue weighted by atomic mass is 10.5. The molecule has 0 aliphatic heterocycles. The summed E-state index contributed by atoms with van der Waals surface area (Å²) in [7, 11) is 0. The van der Waals surface area contributed by atoms with Crippen LogP contribution in [-0.4, -0.2) is 16.1 Å². The van der Waals surface area contributed by atoms with E-state index in [-0.39, 0.29) is 5.75 Å². The third kappa shape index (κ3) is 3.06. The van der Waals surface area contributed by atoms with Gasteiger partial charge in [0, 0.05) is 6.08 Å². The molecule has 0 aliphatic carbocycles. The minimum Gasteiger partial charge on any atom is -0.426 e. The number of aromatic nitrogens is 2. The van der Waals surface area contributed by atoms with Crippen LogP contribution in [0.2, 0.25) is 0 Å². The predicted molar refractivity (Wildman–Crippen MR) is 45.5 cm³/mol. The van der Waals surface area contributed by atoms with E-state index in [1.807, 2.05) is 0 Å². The number of nitrogens with zero attached hydrogens (tertiary/aromatic N) is 2. The zero-order valence-corrected chi connectivity index (χ0v) is 7.96. The maximum absolute atomic E-state index is 12.5. The van der Waals surface area contributed by atoms with E-state index in [1.165, 1.54) is 0 Å². The summed E-state index contributed by atoms with van der Waals surface area (Å²) in [6.07, 6.45) is -0.727. The molecule has 70 valence electrons. The Morgan fingerprint density at radius 3 is 2.46 bits per heavy atom. The van der Waals surface area contributed by atoms with Crippen molar-refractivity contribution in [1.82, 2.24) is 9.97 Å². The normalized spacial score (nSPS) is 11.0. The molecule has 0 bridgehead atoms. The number of halogens is 3. The Labute approximate surface area is 81.6 Å². The number of alkyl halides is 2. The molecule has 0 N–H and O–H groups in total. The number of ether oxygens (including phenoxy) is 1. The van der Waals surface area contributed by atoms with Crippen molar-refractivity contribution in [2.75, 3.05) is 0 Å². The van der Waals surface area contributed by atoms with E-state index >= 15 is 0 Å². The molecule has 6 heteroatoms. The molecule has 0 saturated heterocycles. The molecule has 1 rings (SSSR count). The fourth-order valence-electron chi connectivity index (χ4n) is 0.552. The van der Waals surface area contributed by atoms with Crippen molar-refractivity contribution < 1.29 is 13.5 Å². The molecular weight excluding hydrogens is 246 g/mol. The summed E-state index contributed by atoms with van der Waals surface area (Å²) in [4.78, 5) is 7.22. The first-order chi connectivity index (χ1) is 6.03. The highest BCUT2D eigenvalue weighted by atomic mass is 79.9. The Hall–Kier alpha value is -1.04. The fourth-order valence-corrected chi connectivity index (χ4v) is 0.757. The van der Waals surface area contributed by atoms with Crippen LogP contribution in [0.3, 0.4) is 0 Å². The molecule has 0 radical (unpaired) electrons. The fraction of sp³-hybridized carbons (Fsp3) is 0.143. The van der Waals surface area contributed by atoms with Gasteiger partial charge in [0.15, 0.2) is 10.5 Å². The van der Waals surface area contributed by atoms with Gasteiger partial charge in [0.1, 0.15) is 0 Å². The van der Waals surface area contributed by atoms with Crippen LogP contribution in [-0.2, 0) is 0 Å². The summed E-state index contributed by atoms with van der Waals surface area (Å²) in [5, 5.41) is 0. The first kappa shape index (κ1) is 10.0. The minimum atomic E-state index is -3.39. The minimum absolute atomic E-state index is 0.117. The summed E-state index contributed by atoms with van der Waals surface area (Å²) in [6, 6.07) is 0. The molecule has 0 amide bonds. The maximum atomic E-state index is 12.5. The lowest BCUT2D eigenvalue weighted by molar-refractivity contribution is -0.131. The zero-order chi connectivity index (χ0) is 9.90. The molecule has 3 nitrogen and oxygen atoms in total. The van der Waals surface area contributed by atoms with E-state index in [9.17, 15) is 8.78 Å². The van der Waals surface area contributed by atoms with Crippen molar-refractivity contribution in [2.24, 2.45) is 0 Å². The van der Waals surface area contributed by atoms with Crippen molar-refractivity contribution in [3.8, 4) is 5.75 Å². The topological polar surface area (TPSA) is 35.0 Å². The number of hydrogen-bond acceptors (Lipinski definition) is 3. The standard InChI is InChI=1S/C7H5BrF2N2O/c1-2-7(9,10)13-5-3-11-6(8)12-4-5/h2-4H,1H2. The Morgan fingerprint density at radius 1 is 1.46 bits per heavy atom. The van der Waals surface area contributed by atoms with E-state index in [1.54, 1.807) is 0 Å². The van der Waals surface area contributed by atoms with Gasteiger partial charge in [-0.2, -0.15) is 8.78 Å². The van der Waals surface area contributed by atoms with Crippen molar-refractivity contribution in [3.05, 3.63) is 29.8 Å². The molecule has 0 aliphatic rings. The molecule has 0 atom stereocenters. The Kier molecular flexibility index (Phi) is 2.92. The molecular formula is C7H5BrF2N2O. The van der Waals surface area contributed by atoms with Crippen LogP contribution in [0.4, 0.5) is 8.78 Å². The molecule has 1 heterocycles. The first-order valence-electron chi connectivity index (χ1n) is 3.21. The Balaban J connectivity index is 2.75.